The van der Waals surface area contributed by atoms with Crippen molar-refractivity contribution in [2.24, 2.45) is 0 Å². The number of ether oxygens (including phenoxy) is 2. The average Bonchev–Trinajstić information content (AvgIpc) is 2.61. The minimum absolute atomic E-state index is 0.0284. The Kier molecular flexibility index (Phi) is 6.65. The Hall–Kier alpha value is -2.34. The van der Waals surface area contributed by atoms with E-state index < -0.39 is 5.97 Å². The summed E-state index contributed by atoms with van der Waals surface area (Å²) in [6, 6.07) is 10.8. The predicted molar refractivity (Wildman–Crippen MR) is 109 cm³/mol. The van der Waals surface area contributed by atoms with Crippen molar-refractivity contribution >= 4 is 33.5 Å². The molecule has 0 atom stereocenters. The van der Waals surface area contributed by atoms with E-state index in [1.807, 2.05) is 25.1 Å². The molecule has 0 saturated heterocycles. The van der Waals surface area contributed by atoms with Crippen LogP contribution in [-0.4, -0.2) is 25.6 Å². The Balaban J connectivity index is 2.04. The molecule has 0 spiro atoms. The molecule has 0 radical (unpaired) electrons. The lowest BCUT2D eigenvalue weighted by Gasteiger charge is -2.20. The van der Waals surface area contributed by atoms with Gasteiger partial charge in [0.1, 0.15) is 5.75 Å². The van der Waals surface area contributed by atoms with Gasteiger partial charge in [-0.05, 0) is 63.7 Å². The number of halogens is 1. The molecule has 1 amide bonds. The number of hydrogen-bond acceptors (Lipinski definition) is 4. The Morgan fingerprint density at radius 3 is 2.41 bits per heavy atom. The smallest absolute Gasteiger partial charge is 0.337 e. The van der Waals surface area contributed by atoms with E-state index in [1.54, 1.807) is 18.2 Å². The lowest BCUT2D eigenvalue weighted by molar-refractivity contribution is -0.118. The monoisotopic (exact) mass is 433 g/mol. The number of anilines is 1. The van der Waals surface area contributed by atoms with Gasteiger partial charge in [-0.15, -0.1) is 0 Å². The molecule has 0 aromatic heterocycles. The summed E-state index contributed by atoms with van der Waals surface area (Å²) in [6.07, 6.45) is 0. The van der Waals surface area contributed by atoms with Crippen LogP contribution in [0, 0.1) is 6.92 Å². The van der Waals surface area contributed by atoms with Gasteiger partial charge in [0, 0.05) is 5.69 Å². The number of amides is 1. The predicted octanol–water partition coefficient (Wildman–Crippen LogP) is 4.86. The Morgan fingerprint density at radius 2 is 1.81 bits per heavy atom. The van der Waals surface area contributed by atoms with Gasteiger partial charge in [-0.25, -0.2) is 4.79 Å². The normalized spacial score (nSPS) is 11.0. The lowest BCUT2D eigenvalue weighted by atomic mass is 9.87. The van der Waals surface area contributed by atoms with Crippen LogP contribution in [0.3, 0.4) is 0 Å². The summed E-state index contributed by atoms with van der Waals surface area (Å²) in [5, 5.41) is 2.77. The van der Waals surface area contributed by atoms with Crippen molar-refractivity contribution in [3.05, 3.63) is 57.6 Å². The zero-order valence-electron chi connectivity index (χ0n) is 16.2. The highest BCUT2D eigenvalue weighted by atomic mass is 79.9. The van der Waals surface area contributed by atoms with Gasteiger partial charge >= 0.3 is 5.97 Å². The zero-order valence-corrected chi connectivity index (χ0v) is 17.8. The van der Waals surface area contributed by atoms with Crippen molar-refractivity contribution in [1.82, 2.24) is 0 Å². The first-order chi connectivity index (χ1) is 12.6. The fourth-order valence-corrected chi connectivity index (χ4v) is 2.91. The molecule has 0 bridgehead atoms. The second-order valence-electron chi connectivity index (χ2n) is 7.25. The number of carbonyl (C=O) groups is 2. The van der Waals surface area contributed by atoms with Crippen LogP contribution in [0.15, 0.2) is 40.9 Å². The summed E-state index contributed by atoms with van der Waals surface area (Å²) in [5.74, 6) is -0.172. The van der Waals surface area contributed by atoms with Crippen LogP contribution in [0.4, 0.5) is 5.69 Å². The molecule has 1 N–H and O–H groups in total. The Bertz CT molecular complexity index is 856. The van der Waals surface area contributed by atoms with Gasteiger partial charge in [0.2, 0.25) is 0 Å². The molecule has 2 aromatic carbocycles. The third kappa shape index (κ3) is 5.57. The largest absolute Gasteiger partial charge is 0.483 e. The van der Waals surface area contributed by atoms with Crippen LogP contribution in [-0.2, 0) is 14.9 Å². The highest BCUT2D eigenvalue weighted by Crippen LogP contribution is 2.31. The van der Waals surface area contributed by atoms with E-state index in [4.69, 9.17) is 9.47 Å². The molecule has 144 valence electrons. The Morgan fingerprint density at radius 1 is 1.11 bits per heavy atom. The van der Waals surface area contributed by atoms with Gasteiger partial charge in [-0.3, -0.25) is 4.79 Å². The van der Waals surface area contributed by atoms with E-state index in [1.165, 1.54) is 12.7 Å². The summed E-state index contributed by atoms with van der Waals surface area (Å²) in [7, 11) is 1.32. The lowest BCUT2D eigenvalue weighted by Crippen LogP contribution is -2.21. The van der Waals surface area contributed by atoms with Crippen molar-refractivity contribution < 1.29 is 19.1 Å². The van der Waals surface area contributed by atoms with Crippen LogP contribution in [0.25, 0.3) is 0 Å². The van der Waals surface area contributed by atoms with Crippen LogP contribution in [0.1, 0.15) is 42.3 Å². The summed E-state index contributed by atoms with van der Waals surface area (Å²) < 4.78 is 11.1. The summed E-state index contributed by atoms with van der Waals surface area (Å²) in [4.78, 5) is 23.9. The van der Waals surface area contributed by atoms with Crippen molar-refractivity contribution in [2.75, 3.05) is 19.0 Å². The number of aryl methyl sites for hydroxylation is 1. The molecule has 6 heteroatoms. The Labute approximate surface area is 168 Å². The van der Waals surface area contributed by atoms with Gasteiger partial charge in [0.05, 0.1) is 17.1 Å². The molecule has 0 aliphatic heterocycles. The molecular weight excluding hydrogens is 410 g/mol. The van der Waals surface area contributed by atoms with Gasteiger partial charge < -0.3 is 14.8 Å². The third-order valence-corrected chi connectivity index (χ3v) is 4.71. The van der Waals surface area contributed by atoms with Crippen molar-refractivity contribution in [3.63, 3.8) is 0 Å². The maximum absolute atomic E-state index is 12.3. The fourth-order valence-electron chi connectivity index (χ4n) is 2.42. The maximum atomic E-state index is 12.3. The van der Waals surface area contributed by atoms with E-state index >= 15 is 0 Å². The van der Waals surface area contributed by atoms with Gasteiger partial charge in [0.25, 0.3) is 5.91 Å². The number of benzene rings is 2. The number of rotatable bonds is 5. The molecule has 5 nitrogen and oxygen atoms in total. The second kappa shape index (κ2) is 8.57. The molecule has 0 aliphatic rings. The van der Waals surface area contributed by atoms with Gasteiger partial charge in [0.15, 0.2) is 6.61 Å². The SMILES string of the molecule is COC(=O)c1ccc(C)c(NC(=O)COc2ccc(C(C)(C)C)cc2Br)c1. The van der Waals surface area contributed by atoms with Crippen molar-refractivity contribution in [1.29, 1.82) is 0 Å². The third-order valence-electron chi connectivity index (χ3n) is 4.09. The molecule has 2 rings (SSSR count). The van der Waals surface area contributed by atoms with E-state index in [-0.39, 0.29) is 17.9 Å². The summed E-state index contributed by atoms with van der Waals surface area (Å²) in [5.41, 5.74) is 2.96. The first-order valence-corrected chi connectivity index (χ1v) is 9.33. The van der Waals surface area contributed by atoms with Crippen LogP contribution < -0.4 is 10.1 Å². The number of carbonyl (C=O) groups excluding carboxylic acids is 2. The number of methoxy groups -OCH3 is 1. The molecule has 0 fully saturated rings. The second-order valence-corrected chi connectivity index (χ2v) is 8.11. The van der Waals surface area contributed by atoms with Gasteiger partial charge in [-0.1, -0.05) is 32.9 Å². The van der Waals surface area contributed by atoms with E-state index in [0.29, 0.717) is 17.0 Å². The minimum Gasteiger partial charge on any atom is -0.483 e. The van der Waals surface area contributed by atoms with Crippen LogP contribution >= 0.6 is 15.9 Å². The highest BCUT2D eigenvalue weighted by molar-refractivity contribution is 9.10. The van der Waals surface area contributed by atoms with Crippen molar-refractivity contribution in [3.8, 4) is 5.75 Å². The summed E-state index contributed by atoms with van der Waals surface area (Å²) >= 11 is 3.49. The average molecular weight is 434 g/mol. The van der Waals surface area contributed by atoms with Crippen LogP contribution in [0.5, 0.6) is 5.75 Å². The summed E-state index contributed by atoms with van der Waals surface area (Å²) in [6.45, 7) is 8.10. The molecule has 0 unspecified atom stereocenters. The first kappa shape index (κ1) is 21.0. The van der Waals surface area contributed by atoms with E-state index in [9.17, 15) is 9.59 Å². The van der Waals surface area contributed by atoms with Gasteiger partial charge in [-0.2, -0.15) is 0 Å². The van der Waals surface area contributed by atoms with Crippen molar-refractivity contribution in [2.45, 2.75) is 33.1 Å². The zero-order chi connectivity index (χ0) is 20.2. The van der Waals surface area contributed by atoms with E-state index in [2.05, 4.69) is 42.0 Å². The molecule has 0 heterocycles. The molecule has 0 aliphatic carbocycles. The topological polar surface area (TPSA) is 64.6 Å². The molecule has 2 aromatic rings. The standard InChI is InChI=1S/C21H24BrNO4/c1-13-6-7-14(20(25)26-5)10-17(13)23-19(24)12-27-18-9-8-15(11-16(18)22)21(2,3)4/h6-11H,12H2,1-5H3,(H,23,24). The fraction of sp³-hybridized carbons (Fsp3) is 0.333. The number of esters is 1. The first-order valence-electron chi connectivity index (χ1n) is 8.53. The maximum Gasteiger partial charge on any atom is 0.337 e. The van der Waals surface area contributed by atoms with Crippen LogP contribution in [0.2, 0.25) is 0 Å². The van der Waals surface area contributed by atoms with E-state index in [0.717, 1.165) is 10.0 Å². The number of hydrogen-bond donors (Lipinski definition) is 1. The molecule has 0 saturated carbocycles. The highest BCUT2D eigenvalue weighted by Gasteiger charge is 2.16. The quantitative estimate of drug-likeness (QED) is 0.683. The molecular formula is C21H24BrNO4. The minimum atomic E-state index is -0.454. The molecule has 27 heavy (non-hydrogen) atoms. The number of nitrogens with one attached hydrogen (secondary N) is 1.